The number of nitro groups is 1. The maximum absolute atomic E-state index is 10.7. The Morgan fingerprint density at radius 2 is 2.14 bits per heavy atom. The van der Waals surface area contributed by atoms with Gasteiger partial charge in [-0.25, -0.2) is 0 Å². The third-order valence-corrected chi connectivity index (χ3v) is 3.80. The van der Waals surface area contributed by atoms with Crippen LogP contribution in [0.3, 0.4) is 0 Å². The molecule has 1 aromatic carbocycles. The maximum atomic E-state index is 10.7. The van der Waals surface area contributed by atoms with Crippen LogP contribution in [0.15, 0.2) is 18.2 Å². The molecular formula is C14H17ClN4O2. The van der Waals surface area contributed by atoms with Crippen molar-refractivity contribution in [1.82, 2.24) is 15.1 Å². The average Bonchev–Trinajstić information content (AvgIpc) is 2.69. The van der Waals surface area contributed by atoms with Crippen LogP contribution in [0.25, 0.3) is 0 Å². The molecule has 0 saturated carbocycles. The van der Waals surface area contributed by atoms with Gasteiger partial charge in [-0.1, -0.05) is 11.6 Å². The number of benzene rings is 1. The maximum Gasteiger partial charge on any atom is 0.270 e. The molecule has 0 fully saturated rings. The normalized spacial score (nSPS) is 10.9. The van der Waals surface area contributed by atoms with Gasteiger partial charge in [-0.3, -0.25) is 14.8 Å². The van der Waals surface area contributed by atoms with Gasteiger partial charge in [-0.15, -0.1) is 0 Å². The number of hydrogen-bond donors (Lipinski definition) is 1. The first-order chi connectivity index (χ1) is 9.93. The fourth-order valence-corrected chi connectivity index (χ4v) is 2.49. The zero-order valence-electron chi connectivity index (χ0n) is 12.2. The predicted octanol–water partition coefficient (Wildman–Crippen LogP) is 2.83. The van der Waals surface area contributed by atoms with Crippen molar-refractivity contribution in [3.63, 3.8) is 0 Å². The molecule has 2 aromatic rings. The molecule has 0 aliphatic heterocycles. The second-order valence-corrected chi connectivity index (χ2v) is 5.28. The van der Waals surface area contributed by atoms with Crippen LogP contribution in [0.4, 0.5) is 5.69 Å². The molecule has 0 saturated heterocycles. The van der Waals surface area contributed by atoms with E-state index in [1.807, 2.05) is 25.6 Å². The minimum atomic E-state index is -0.454. The summed E-state index contributed by atoms with van der Waals surface area (Å²) < 4.78 is 1.87. The van der Waals surface area contributed by atoms with E-state index in [9.17, 15) is 10.1 Å². The van der Waals surface area contributed by atoms with Crippen LogP contribution in [0.1, 0.15) is 22.5 Å². The van der Waals surface area contributed by atoms with E-state index >= 15 is 0 Å². The van der Waals surface area contributed by atoms with Gasteiger partial charge in [0.05, 0.1) is 22.2 Å². The Labute approximate surface area is 127 Å². The fraction of sp³-hybridized carbons (Fsp3) is 0.357. The highest BCUT2D eigenvalue weighted by Crippen LogP contribution is 2.24. The third-order valence-electron chi connectivity index (χ3n) is 3.45. The van der Waals surface area contributed by atoms with E-state index in [1.165, 1.54) is 12.1 Å². The monoisotopic (exact) mass is 308 g/mol. The van der Waals surface area contributed by atoms with Crippen molar-refractivity contribution in [2.24, 2.45) is 0 Å². The molecule has 1 aromatic heterocycles. The number of nitrogens with one attached hydrogen (secondary N) is 1. The largest absolute Gasteiger partial charge is 0.316 e. The van der Waals surface area contributed by atoms with Crippen LogP contribution in [0.2, 0.25) is 5.02 Å². The lowest BCUT2D eigenvalue weighted by Crippen LogP contribution is -2.08. The smallest absolute Gasteiger partial charge is 0.270 e. The van der Waals surface area contributed by atoms with Gasteiger partial charge >= 0.3 is 0 Å². The molecule has 0 aliphatic rings. The lowest BCUT2D eigenvalue weighted by atomic mass is 10.2. The summed E-state index contributed by atoms with van der Waals surface area (Å²) in [6.07, 6.45) is 0. The zero-order valence-corrected chi connectivity index (χ0v) is 12.9. The summed E-state index contributed by atoms with van der Waals surface area (Å²) in [6.45, 7) is 5.22. The van der Waals surface area contributed by atoms with Crippen LogP contribution in [-0.2, 0) is 13.1 Å². The molecule has 21 heavy (non-hydrogen) atoms. The highest BCUT2D eigenvalue weighted by molar-refractivity contribution is 6.31. The van der Waals surface area contributed by atoms with Gasteiger partial charge in [-0.05, 0) is 32.5 Å². The lowest BCUT2D eigenvalue weighted by Gasteiger charge is -2.07. The Morgan fingerprint density at radius 3 is 2.71 bits per heavy atom. The summed E-state index contributed by atoms with van der Waals surface area (Å²) in [7, 11) is 1.89. The number of nitro benzene ring substituents is 1. The molecule has 0 amide bonds. The van der Waals surface area contributed by atoms with Crippen LogP contribution in [0, 0.1) is 24.0 Å². The van der Waals surface area contributed by atoms with Crippen molar-refractivity contribution in [3.05, 3.63) is 55.9 Å². The van der Waals surface area contributed by atoms with E-state index in [1.54, 1.807) is 6.07 Å². The van der Waals surface area contributed by atoms with E-state index in [4.69, 9.17) is 11.6 Å². The van der Waals surface area contributed by atoms with Gasteiger partial charge in [0.1, 0.15) is 0 Å². The number of rotatable bonds is 5. The van der Waals surface area contributed by atoms with Crippen molar-refractivity contribution in [2.45, 2.75) is 26.9 Å². The highest BCUT2D eigenvalue weighted by Gasteiger charge is 2.14. The third kappa shape index (κ3) is 3.22. The van der Waals surface area contributed by atoms with Crippen LogP contribution in [0.5, 0.6) is 0 Å². The van der Waals surface area contributed by atoms with Crippen LogP contribution < -0.4 is 5.32 Å². The molecule has 6 nitrogen and oxygen atoms in total. The molecule has 1 heterocycles. The predicted molar refractivity (Wildman–Crippen MR) is 81.7 cm³/mol. The molecule has 0 atom stereocenters. The average molecular weight is 309 g/mol. The summed E-state index contributed by atoms with van der Waals surface area (Å²) in [4.78, 5) is 10.3. The Morgan fingerprint density at radius 1 is 1.43 bits per heavy atom. The highest BCUT2D eigenvalue weighted by atomic mass is 35.5. The van der Waals surface area contributed by atoms with Crippen LogP contribution in [-0.4, -0.2) is 21.8 Å². The Balaban J connectivity index is 2.30. The number of halogens is 1. The first-order valence-corrected chi connectivity index (χ1v) is 6.92. The van der Waals surface area contributed by atoms with Crippen molar-refractivity contribution in [3.8, 4) is 0 Å². The Kier molecular flexibility index (Phi) is 4.59. The van der Waals surface area contributed by atoms with E-state index in [0.717, 1.165) is 29.1 Å². The van der Waals surface area contributed by atoms with Crippen molar-refractivity contribution in [1.29, 1.82) is 0 Å². The molecule has 0 bridgehead atoms. The molecular weight excluding hydrogens is 292 g/mol. The quantitative estimate of drug-likeness (QED) is 0.681. The standard InChI is InChI=1S/C14H17ClN4O2/c1-9-13(7-16-3)10(2)18(17-9)8-11-4-5-12(19(20)21)6-14(11)15/h4-6,16H,7-8H2,1-3H3. The minimum Gasteiger partial charge on any atom is -0.316 e. The van der Waals surface area contributed by atoms with Crippen molar-refractivity contribution >= 4 is 17.3 Å². The number of hydrogen-bond acceptors (Lipinski definition) is 4. The van der Waals surface area contributed by atoms with Crippen LogP contribution >= 0.6 is 11.6 Å². The first kappa shape index (κ1) is 15.5. The van der Waals surface area contributed by atoms with E-state index in [-0.39, 0.29) is 5.69 Å². The Hall–Kier alpha value is -1.92. The summed E-state index contributed by atoms with van der Waals surface area (Å²) in [5.74, 6) is 0. The van der Waals surface area contributed by atoms with E-state index < -0.39 is 4.92 Å². The lowest BCUT2D eigenvalue weighted by molar-refractivity contribution is -0.384. The number of non-ortho nitro benzene ring substituents is 1. The van der Waals surface area contributed by atoms with Crippen molar-refractivity contribution in [2.75, 3.05) is 7.05 Å². The SMILES string of the molecule is CNCc1c(C)nn(Cc2ccc([N+](=O)[O-])cc2Cl)c1C. The second kappa shape index (κ2) is 6.24. The molecule has 1 N–H and O–H groups in total. The summed E-state index contributed by atoms with van der Waals surface area (Å²) in [6, 6.07) is 4.51. The summed E-state index contributed by atoms with van der Waals surface area (Å²) in [5, 5.41) is 18.7. The summed E-state index contributed by atoms with van der Waals surface area (Å²) in [5.41, 5.74) is 4.00. The molecule has 0 aliphatic carbocycles. The first-order valence-electron chi connectivity index (χ1n) is 6.54. The molecule has 0 spiro atoms. The molecule has 2 rings (SSSR count). The fourth-order valence-electron chi connectivity index (χ4n) is 2.26. The van der Waals surface area contributed by atoms with Gasteiger partial charge in [0.2, 0.25) is 0 Å². The van der Waals surface area contributed by atoms with Gasteiger partial charge in [-0.2, -0.15) is 5.10 Å². The second-order valence-electron chi connectivity index (χ2n) is 4.87. The minimum absolute atomic E-state index is 0.00649. The van der Waals surface area contributed by atoms with Gasteiger partial charge in [0, 0.05) is 29.9 Å². The number of nitrogens with zero attached hydrogens (tertiary/aromatic N) is 3. The van der Waals surface area contributed by atoms with Gasteiger partial charge < -0.3 is 5.32 Å². The number of aromatic nitrogens is 2. The topological polar surface area (TPSA) is 73.0 Å². The summed E-state index contributed by atoms with van der Waals surface area (Å²) >= 11 is 6.13. The zero-order chi connectivity index (χ0) is 15.6. The van der Waals surface area contributed by atoms with E-state index in [2.05, 4.69) is 10.4 Å². The molecule has 7 heteroatoms. The van der Waals surface area contributed by atoms with Gasteiger partial charge in [0.25, 0.3) is 5.69 Å². The van der Waals surface area contributed by atoms with Crippen molar-refractivity contribution < 1.29 is 4.92 Å². The Bertz CT molecular complexity index is 682. The van der Waals surface area contributed by atoms with E-state index in [0.29, 0.717) is 11.6 Å². The van der Waals surface area contributed by atoms with Gasteiger partial charge in [0.15, 0.2) is 0 Å². The number of aryl methyl sites for hydroxylation is 1. The molecule has 0 radical (unpaired) electrons. The molecule has 112 valence electrons. The molecule has 0 unspecified atom stereocenters.